The van der Waals surface area contributed by atoms with Crippen LogP contribution in [-0.2, 0) is 11.2 Å². The van der Waals surface area contributed by atoms with Crippen molar-refractivity contribution in [2.45, 2.75) is 6.42 Å². The minimum Gasteiger partial charge on any atom is -0.493 e. The Hall–Kier alpha value is -4.04. The van der Waals surface area contributed by atoms with Crippen LogP contribution in [0.5, 0.6) is 17.2 Å². The molecule has 0 N–H and O–H groups in total. The Balaban J connectivity index is 1.69. The zero-order valence-corrected chi connectivity index (χ0v) is 16.6. The molecule has 0 saturated carbocycles. The van der Waals surface area contributed by atoms with E-state index in [1.807, 2.05) is 54.6 Å². The third kappa shape index (κ3) is 5.73. The topological polar surface area (TPSA) is 68.6 Å². The van der Waals surface area contributed by atoms with Crippen molar-refractivity contribution in [1.82, 2.24) is 0 Å². The van der Waals surface area contributed by atoms with Crippen LogP contribution in [0.15, 0.2) is 78.9 Å². The van der Waals surface area contributed by atoms with Gasteiger partial charge < -0.3 is 14.2 Å². The molecule has 0 radical (unpaired) electrons. The standard InChI is InChI=1S/C25H21NO4/c1-28-24-18-20(11-13-23(24)29-16-15-26)12-14-25(27)30-22-10-6-5-9-21(22)17-19-7-3-2-4-8-19/h2-14,18H,16-17H2,1H3/b14-12+. The van der Waals surface area contributed by atoms with E-state index in [1.54, 1.807) is 30.3 Å². The third-order valence-corrected chi connectivity index (χ3v) is 4.31. The molecule has 0 bridgehead atoms. The lowest BCUT2D eigenvalue weighted by Gasteiger charge is -2.09. The highest BCUT2D eigenvalue weighted by Gasteiger charge is 2.08. The zero-order chi connectivity index (χ0) is 21.2. The first kappa shape index (κ1) is 20.7. The summed E-state index contributed by atoms with van der Waals surface area (Å²) in [5.41, 5.74) is 2.82. The molecule has 5 heteroatoms. The highest BCUT2D eigenvalue weighted by molar-refractivity contribution is 5.89. The van der Waals surface area contributed by atoms with E-state index in [-0.39, 0.29) is 6.61 Å². The fourth-order valence-electron chi connectivity index (χ4n) is 2.89. The summed E-state index contributed by atoms with van der Waals surface area (Å²) < 4.78 is 16.1. The van der Waals surface area contributed by atoms with Gasteiger partial charge in [0.15, 0.2) is 18.1 Å². The molecule has 3 aromatic rings. The summed E-state index contributed by atoms with van der Waals surface area (Å²) in [7, 11) is 1.51. The van der Waals surface area contributed by atoms with E-state index >= 15 is 0 Å². The lowest BCUT2D eigenvalue weighted by molar-refractivity contribution is -0.128. The van der Waals surface area contributed by atoms with Gasteiger partial charge in [0.25, 0.3) is 0 Å². The summed E-state index contributed by atoms with van der Waals surface area (Å²) in [6.45, 7) is -0.0692. The van der Waals surface area contributed by atoms with E-state index in [1.165, 1.54) is 13.2 Å². The molecule has 0 aliphatic carbocycles. The molecule has 0 aliphatic heterocycles. The predicted molar refractivity (Wildman–Crippen MR) is 114 cm³/mol. The first-order valence-electron chi connectivity index (χ1n) is 9.39. The number of carbonyl (C=O) groups is 1. The number of esters is 1. The van der Waals surface area contributed by atoms with Gasteiger partial charge in [0.2, 0.25) is 0 Å². The smallest absolute Gasteiger partial charge is 0.336 e. The minimum atomic E-state index is -0.473. The van der Waals surface area contributed by atoms with E-state index in [0.717, 1.165) is 16.7 Å². The Kier molecular flexibility index (Phi) is 7.23. The average Bonchev–Trinajstić information content (AvgIpc) is 2.78. The van der Waals surface area contributed by atoms with Crippen molar-refractivity contribution in [2.24, 2.45) is 0 Å². The molecule has 0 atom stereocenters. The lowest BCUT2D eigenvalue weighted by atomic mass is 10.0. The van der Waals surface area contributed by atoms with Crippen molar-refractivity contribution < 1.29 is 19.0 Å². The number of nitrogens with zero attached hydrogens (tertiary/aromatic N) is 1. The summed E-state index contributed by atoms with van der Waals surface area (Å²) in [6.07, 6.45) is 3.68. The molecule has 5 nitrogen and oxygen atoms in total. The summed E-state index contributed by atoms with van der Waals surface area (Å²) in [5.74, 6) is 1.01. The summed E-state index contributed by atoms with van der Waals surface area (Å²) >= 11 is 0. The molecule has 3 rings (SSSR count). The van der Waals surface area contributed by atoms with Gasteiger partial charge in [-0.3, -0.25) is 0 Å². The maximum atomic E-state index is 12.4. The van der Waals surface area contributed by atoms with Crippen LogP contribution in [0.1, 0.15) is 16.7 Å². The minimum absolute atomic E-state index is 0.0692. The highest BCUT2D eigenvalue weighted by Crippen LogP contribution is 2.28. The Morgan fingerprint density at radius 3 is 2.50 bits per heavy atom. The molecule has 0 aliphatic rings. The Morgan fingerprint density at radius 1 is 0.967 bits per heavy atom. The van der Waals surface area contributed by atoms with Gasteiger partial charge in [-0.25, -0.2) is 4.79 Å². The van der Waals surface area contributed by atoms with E-state index in [0.29, 0.717) is 23.7 Å². The monoisotopic (exact) mass is 399 g/mol. The number of para-hydroxylation sites is 1. The third-order valence-electron chi connectivity index (χ3n) is 4.31. The van der Waals surface area contributed by atoms with E-state index < -0.39 is 5.97 Å². The second-order valence-corrected chi connectivity index (χ2v) is 6.38. The van der Waals surface area contributed by atoms with Crippen molar-refractivity contribution in [1.29, 1.82) is 5.26 Å². The Morgan fingerprint density at radius 2 is 1.73 bits per heavy atom. The molecule has 0 saturated heterocycles. The van der Waals surface area contributed by atoms with E-state index in [9.17, 15) is 4.79 Å². The van der Waals surface area contributed by atoms with E-state index in [2.05, 4.69) is 0 Å². The maximum absolute atomic E-state index is 12.4. The fraction of sp³-hybridized carbons (Fsp3) is 0.120. The maximum Gasteiger partial charge on any atom is 0.336 e. The SMILES string of the molecule is COc1cc(/C=C/C(=O)Oc2ccccc2Cc2ccccc2)ccc1OCC#N. The number of methoxy groups -OCH3 is 1. The predicted octanol–water partition coefficient (Wildman–Crippen LogP) is 4.81. The van der Waals surface area contributed by atoms with Crippen molar-refractivity contribution in [3.05, 3.63) is 95.6 Å². The van der Waals surface area contributed by atoms with Crippen LogP contribution in [0.4, 0.5) is 0 Å². The van der Waals surface area contributed by atoms with Crippen molar-refractivity contribution in [2.75, 3.05) is 13.7 Å². The van der Waals surface area contributed by atoms with Crippen molar-refractivity contribution in [3.63, 3.8) is 0 Å². The highest BCUT2D eigenvalue weighted by atomic mass is 16.5. The number of nitriles is 1. The number of ether oxygens (including phenoxy) is 3. The Bertz CT molecular complexity index is 1070. The van der Waals surface area contributed by atoms with Crippen LogP contribution in [0.3, 0.4) is 0 Å². The number of carbonyl (C=O) groups excluding carboxylic acids is 1. The second kappa shape index (κ2) is 10.5. The van der Waals surface area contributed by atoms with Gasteiger partial charge in [-0.2, -0.15) is 5.26 Å². The first-order chi connectivity index (χ1) is 14.7. The largest absolute Gasteiger partial charge is 0.493 e. The fourth-order valence-corrected chi connectivity index (χ4v) is 2.89. The second-order valence-electron chi connectivity index (χ2n) is 6.38. The average molecular weight is 399 g/mol. The van der Waals surface area contributed by atoms with Gasteiger partial charge in [0.1, 0.15) is 11.8 Å². The summed E-state index contributed by atoms with van der Waals surface area (Å²) in [5, 5.41) is 8.64. The molecule has 3 aromatic carbocycles. The van der Waals surface area contributed by atoms with Crippen molar-refractivity contribution in [3.8, 4) is 23.3 Å². The number of hydrogen-bond acceptors (Lipinski definition) is 5. The van der Waals surface area contributed by atoms with Gasteiger partial charge in [-0.1, -0.05) is 54.6 Å². The number of rotatable bonds is 8. The van der Waals surface area contributed by atoms with E-state index in [4.69, 9.17) is 19.5 Å². The molecule has 30 heavy (non-hydrogen) atoms. The van der Waals surface area contributed by atoms with Gasteiger partial charge >= 0.3 is 5.97 Å². The molecular weight excluding hydrogens is 378 g/mol. The van der Waals surface area contributed by atoms with Gasteiger partial charge in [0.05, 0.1) is 7.11 Å². The zero-order valence-electron chi connectivity index (χ0n) is 16.6. The van der Waals surface area contributed by atoms with Gasteiger partial charge in [-0.15, -0.1) is 0 Å². The summed E-state index contributed by atoms with van der Waals surface area (Å²) in [4.78, 5) is 12.4. The van der Waals surface area contributed by atoms with Crippen LogP contribution in [0, 0.1) is 11.3 Å². The molecule has 0 amide bonds. The molecule has 150 valence electrons. The van der Waals surface area contributed by atoms with Crippen LogP contribution in [-0.4, -0.2) is 19.7 Å². The van der Waals surface area contributed by atoms with Crippen molar-refractivity contribution >= 4 is 12.0 Å². The van der Waals surface area contributed by atoms with Crippen LogP contribution < -0.4 is 14.2 Å². The molecule has 0 fully saturated rings. The van der Waals surface area contributed by atoms with Gasteiger partial charge in [0, 0.05) is 12.5 Å². The molecule has 0 heterocycles. The van der Waals surface area contributed by atoms with Crippen LogP contribution in [0.2, 0.25) is 0 Å². The lowest BCUT2D eigenvalue weighted by Crippen LogP contribution is -2.06. The normalized spacial score (nSPS) is 10.4. The van der Waals surface area contributed by atoms with Crippen LogP contribution >= 0.6 is 0 Å². The molecule has 0 spiro atoms. The van der Waals surface area contributed by atoms with Gasteiger partial charge in [-0.05, 0) is 41.0 Å². The first-order valence-corrected chi connectivity index (χ1v) is 9.39. The summed E-state index contributed by atoms with van der Waals surface area (Å²) in [6, 6.07) is 24.6. The molecule has 0 aromatic heterocycles. The molecule has 0 unspecified atom stereocenters. The molecular formula is C25H21NO4. The Labute approximate surface area is 175 Å². The quantitative estimate of drug-likeness (QED) is 0.309. The number of benzene rings is 3. The van der Waals surface area contributed by atoms with Crippen LogP contribution in [0.25, 0.3) is 6.08 Å². The number of hydrogen-bond donors (Lipinski definition) is 0.